The maximum Gasteiger partial charge on any atom is 0.256 e. The third kappa shape index (κ3) is 4.18. The molecule has 5 nitrogen and oxygen atoms in total. The summed E-state index contributed by atoms with van der Waals surface area (Å²) < 4.78 is 23.4. The Labute approximate surface area is 118 Å². The maximum absolute atomic E-state index is 13.3. The molecule has 1 amide bonds. The molecule has 1 atom stereocenters. The molecule has 0 saturated carbocycles. The number of rotatable bonds is 7. The van der Waals surface area contributed by atoms with Gasteiger partial charge in [0.15, 0.2) is 0 Å². The summed E-state index contributed by atoms with van der Waals surface area (Å²) in [5.41, 5.74) is 6.16. The van der Waals surface area contributed by atoms with Crippen LogP contribution in [0.4, 0.5) is 10.1 Å². The first-order chi connectivity index (χ1) is 9.51. The van der Waals surface area contributed by atoms with Crippen LogP contribution in [0.25, 0.3) is 0 Å². The third-order valence-corrected chi connectivity index (χ3v) is 2.98. The van der Waals surface area contributed by atoms with Crippen molar-refractivity contribution < 1.29 is 18.7 Å². The normalized spacial score (nSPS) is 12.2. The van der Waals surface area contributed by atoms with Crippen molar-refractivity contribution in [2.45, 2.75) is 13.0 Å². The Morgan fingerprint density at radius 2 is 2.10 bits per heavy atom. The van der Waals surface area contributed by atoms with Gasteiger partial charge >= 0.3 is 0 Å². The van der Waals surface area contributed by atoms with E-state index in [1.54, 1.807) is 19.1 Å². The van der Waals surface area contributed by atoms with E-state index in [4.69, 9.17) is 15.2 Å². The number of halogens is 1. The van der Waals surface area contributed by atoms with Gasteiger partial charge in [0.1, 0.15) is 5.82 Å². The first-order valence-corrected chi connectivity index (χ1v) is 6.35. The SMILES string of the molecule is COCCN(C(=O)c1cc(F)ccc1N)C(C)COC. The number of ether oxygens (including phenoxy) is 2. The predicted octanol–water partition coefficient (Wildman–Crippen LogP) is 1.53. The van der Waals surface area contributed by atoms with Crippen molar-refractivity contribution in [1.29, 1.82) is 0 Å². The smallest absolute Gasteiger partial charge is 0.256 e. The lowest BCUT2D eigenvalue weighted by molar-refractivity contribution is 0.0480. The molecule has 0 heterocycles. The van der Waals surface area contributed by atoms with Crippen molar-refractivity contribution in [2.75, 3.05) is 39.7 Å². The molecule has 0 spiro atoms. The van der Waals surface area contributed by atoms with Gasteiger partial charge in [-0.3, -0.25) is 4.79 Å². The van der Waals surface area contributed by atoms with Crippen molar-refractivity contribution in [3.8, 4) is 0 Å². The highest BCUT2D eigenvalue weighted by Crippen LogP contribution is 2.17. The molecular formula is C14H21FN2O3. The Hall–Kier alpha value is -1.66. The Kier molecular flexibility index (Phi) is 6.41. The van der Waals surface area contributed by atoms with Gasteiger partial charge in [0.05, 0.1) is 24.8 Å². The van der Waals surface area contributed by atoms with Crippen LogP contribution in [0.2, 0.25) is 0 Å². The molecule has 0 aliphatic heterocycles. The van der Waals surface area contributed by atoms with Gasteiger partial charge < -0.3 is 20.1 Å². The summed E-state index contributed by atoms with van der Waals surface area (Å²) in [4.78, 5) is 14.1. The Bertz CT molecular complexity index is 454. The third-order valence-electron chi connectivity index (χ3n) is 2.98. The number of nitrogen functional groups attached to an aromatic ring is 1. The van der Waals surface area contributed by atoms with Crippen LogP contribution in [0.5, 0.6) is 0 Å². The summed E-state index contributed by atoms with van der Waals surface area (Å²) in [6.07, 6.45) is 0. The molecular weight excluding hydrogens is 263 g/mol. The molecule has 0 saturated heterocycles. The Balaban J connectivity index is 2.99. The van der Waals surface area contributed by atoms with Crippen molar-refractivity contribution in [2.24, 2.45) is 0 Å². The summed E-state index contributed by atoms with van der Waals surface area (Å²) in [5, 5.41) is 0. The molecule has 1 aromatic carbocycles. The number of amides is 1. The van der Waals surface area contributed by atoms with Crippen LogP contribution in [0, 0.1) is 5.82 Å². The molecule has 6 heteroatoms. The van der Waals surface area contributed by atoms with Crippen LogP contribution in [-0.4, -0.2) is 50.8 Å². The lowest BCUT2D eigenvalue weighted by atomic mass is 10.1. The van der Waals surface area contributed by atoms with Crippen LogP contribution in [0.15, 0.2) is 18.2 Å². The second-order valence-electron chi connectivity index (χ2n) is 4.53. The zero-order chi connectivity index (χ0) is 15.1. The van der Waals surface area contributed by atoms with E-state index in [0.717, 1.165) is 6.07 Å². The summed E-state index contributed by atoms with van der Waals surface area (Å²) >= 11 is 0. The van der Waals surface area contributed by atoms with Crippen molar-refractivity contribution in [3.63, 3.8) is 0 Å². The zero-order valence-electron chi connectivity index (χ0n) is 12.1. The fourth-order valence-electron chi connectivity index (χ4n) is 1.91. The quantitative estimate of drug-likeness (QED) is 0.771. The highest BCUT2D eigenvalue weighted by molar-refractivity contribution is 5.99. The fourth-order valence-corrected chi connectivity index (χ4v) is 1.91. The van der Waals surface area contributed by atoms with Gasteiger partial charge in [-0.05, 0) is 25.1 Å². The van der Waals surface area contributed by atoms with Gasteiger partial charge in [-0.2, -0.15) is 0 Å². The summed E-state index contributed by atoms with van der Waals surface area (Å²) in [5.74, 6) is -0.822. The second-order valence-corrected chi connectivity index (χ2v) is 4.53. The molecule has 0 fully saturated rings. The van der Waals surface area contributed by atoms with Crippen LogP contribution in [-0.2, 0) is 9.47 Å². The van der Waals surface area contributed by atoms with E-state index in [9.17, 15) is 9.18 Å². The zero-order valence-corrected chi connectivity index (χ0v) is 12.1. The molecule has 0 bridgehead atoms. The molecule has 20 heavy (non-hydrogen) atoms. The number of nitrogens with zero attached hydrogens (tertiary/aromatic N) is 1. The topological polar surface area (TPSA) is 64.8 Å². The number of methoxy groups -OCH3 is 2. The summed E-state index contributed by atoms with van der Waals surface area (Å²) in [6.45, 7) is 3.00. The highest BCUT2D eigenvalue weighted by atomic mass is 19.1. The van der Waals surface area contributed by atoms with Gasteiger partial charge in [-0.25, -0.2) is 4.39 Å². The van der Waals surface area contributed by atoms with E-state index in [2.05, 4.69) is 0 Å². The van der Waals surface area contributed by atoms with Gasteiger partial charge in [0.25, 0.3) is 5.91 Å². The minimum Gasteiger partial charge on any atom is -0.398 e. The molecule has 0 aromatic heterocycles. The van der Waals surface area contributed by atoms with Crippen LogP contribution < -0.4 is 5.73 Å². The van der Waals surface area contributed by atoms with E-state index < -0.39 is 5.82 Å². The van der Waals surface area contributed by atoms with E-state index in [1.165, 1.54) is 12.1 Å². The minimum absolute atomic E-state index is 0.157. The summed E-state index contributed by atoms with van der Waals surface area (Å²) in [6, 6.07) is 3.60. The molecule has 1 aromatic rings. The number of hydrogen-bond acceptors (Lipinski definition) is 4. The number of nitrogens with two attached hydrogens (primary N) is 1. The monoisotopic (exact) mass is 284 g/mol. The van der Waals surface area contributed by atoms with Crippen molar-refractivity contribution >= 4 is 11.6 Å². The average molecular weight is 284 g/mol. The predicted molar refractivity (Wildman–Crippen MR) is 75.1 cm³/mol. The molecule has 0 aliphatic carbocycles. The molecule has 2 N–H and O–H groups in total. The lowest BCUT2D eigenvalue weighted by Crippen LogP contribution is -2.43. The average Bonchev–Trinajstić information content (AvgIpc) is 2.42. The second kappa shape index (κ2) is 7.81. The molecule has 0 aliphatic rings. The first kappa shape index (κ1) is 16.4. The van der Waals surface area contributed by atoms with E-state index in [1.807, 2.05) is 6.92 Å². The minimum atomic E-state index is -0.492. The van der Waals surface area contributed by atoms with Gasteiger partial charge in [0.2, 0.25) is 0 Å². The van der Waals surface area contributed by atoms with E-state index in [0.29, 0.717) is 19.8 Å². The van der Waals surface area contributed by atoms with Gasteiger partial charge in [-0.1, -0.05) is 0 Å². The van der Waals surface area contributed by atoms with Crippen LogP contribution >= 0.6 is 0 Å². The number of carbonyl (C=O) groups excluding carboxylic acids is 1. The highest BCUT2D eigenvalue weighted by Gasteiger charge is 2.23. The van der Waals surface area contributed by atoms with Crippen molar-refractivity contribution in [1.82, 2.24) is 4.90 Å². The number of carbonyl (C=O) groups is 1. The van der Waals surface area contributed by atoms with Crippen molar-refractivity contribution in [3.05, 3.63) is 29.6 Å². The summed E-state index contributed by atoms with van der Waals surface area (Å²) in [7, 11) is 3.12. The first-order valence-electron chi connectivity index (χ1n) is 6.35. The van der Waals surface area contributed by atoms with Crippen LogP contribution in [0.3, 0.4) is 0 Å². The molecule has 0 radical (unpaired) electrons. The fraction of sp³-hybridized carbons (Fsp3) is 0.500. The number of benzene rings is 1. The van der Waals surface area contributed by atoms with Gasteiger partial charge in [-0.15, -0.1) is 0 Å². The largest absolute Gasteiger partial charge is 0.398 e. The number of anilines is 1. The number of hydrogen-bond donors (Lipinski definition) is 1. The maximum atomic E-state index is 13.3. The standard InChI is InChI=1S/C14H21FN2O3/c1-10(9-20-3)17(6-7-19-2)14(18)12-8-11(15)4-5-13(12)16/h4-5,8,10H,6-7,9,16H2,1-3H3. The molecule has 1 rings (SSSR count). The van der Waals surface area contributed by atoms with E-state index >= 15 is 0 Å². The van der Waals surface area contributed by atoms with Crippen LogP contribution in [0.1, 0.15) is 17.3 Å². The Morgan fingerprint density at radius 3 is 2.70 bits per heavy atom. The Morgan fingerprint density at radius 1 is 1.40 bits per heavy atom. The van der Waals surface area contributed by atoms with E-state index in [-0.39, 0.29) is 23.2 Å². The van der Waals surface area contributed by atoms with Gasteiger partial charge in [0, 0.05) is 26.5 Å². The lowest BCUT2D eigenvalue weighted by Gasteiger charge is -2.29. The molecule has 1 unspecified atom stereocenters. The molecule has 112 valence electrons.